The molecule has 0 saturated heterocycles. The van der Waals surface area contributed by atoms with Crippen LogP contribution in [0.1, 0.15) is 41.0 Å². The molecule has 3 aromatic rings. The Labute approximate surface area is 127 Å². The van der Waals surface area contributed by atoms with E-state index in [9.17, 15) is 4.79 Å². The quantitative estimate of drug-likeness (QED) is 0.758. The molecular formula is C16H18N4O2. The van der Waals surface area contributed by atoms with E-state index < -0.39 is 0 Å². The Hall–Kier alpha value is -2.63. The monoisotopic (exact) mass is 298 g/mol. The number of H-pyrrole nitrogens is 1. The molecule has 0 aliphatic rings. The molecule has 3 rings (SSSR count). The molecule has 1 amide bonds. The molecule has 0 unspecified atom stereocenters. The first-order chi connectivity index (χ1) is 10.7. The van der Waals surface area contributed by atoms with Crippen LogP contribution in [0.5, 0.6) is 0 Å². The van der Waals surface area contributed by atoms with Crippen LogP contribution in [0.15, 0.2) is 28.8 Å². The third-order valence-electron chi connectivity index (χ3n) is 3.39. The van der Waals surface area contributed by atoms with Crippen LogP contribution in [-0.4, -0.2) is 21.0 Å². The maximum absolute atomic E-state index is 12.1. The number of carbonyl (C=O) groups is 1. The summed E-state index contributed by atoms with van der Waals surface area (Å²) >= 11 is 0. The van der Waals surface area contributed by atoms with Crippen LogP contribution in [0.4, 0.5) is 0 Å². The van der Waals surface area contributed by atoms with Crippen LogP contribution in [0.3, 0.4) is 0 Å². The Bertz CT molecular complexity index is 803. The number of aromatic amines is 1. The number of rotatable bonds is 5. The van der Waals surface area contributed by atoms with Crippen LogP contribution in [0.25, 0.3) is 11.0 Å². The summed E-state index contributed by atoms with van der Waals surface area (Å²) in [6, 6.07) is 7.69. The van der Waals surface area contributed by atoms with E-state index in [1.807, 2.05) is 31.2 Å². The van der Waals surface area contributed by atoms with Crippen molar-refractivity contribution >= 4 is 16.9 Å². The normalized spacial score (nSPS) is 11.0. The molecule has 0 saturated carbocycles. The lowest BCUT2D eigenvalue weighted by atomic mass is 10.2. The van der Waals surface area contributed by atoms with Crippen LogP contribution in [0.2, 0.25) is 0 Å². The first-order valence-corrected chi connectivity index (χ1v) is 7.34. The number of benzene rings is 1. The highest BCUT2D eigenvalue weighted by Crippen LogP contribution is 2.13. The van der Waals surface area contributed by atoms with Gasteiger partial charge in [0, 0.05) is 6.07 Å². The molecular weight excluding hydrogens is 280 g/mol. The van der Waals surface area contributed by atoms with Crippen molar-refractivity contribution in [1.29, 1.82) is 0 Å². The summed E-state index contributed by atoms with van der Waals surface area (Å²) in [6.07, 6.45) is 1.89. The molecule has 1 aromatic carbocycles. The van der Waals surface area contributed by atoms with Crippen molar-refractivity contribution < 1.29 is 9.32 Å². The Kier molecular flexibility index (Phi) is 3.91. The molecule has 6 nitrogen and oxygen atoms in total. The SMILES string of the molecule is CCCc1cc(CNC(=O)c2nc3ccc(C)cc3[nH]2)on1. The van der Waals surface area contributed by atoms with Crippen molar-refractivity contribution in [2.75, 3.05) is 0 Å². The molecule has 2 heterocycles. The standard InChI is InChI=1S/C16H18N4O2/c1-3-4-11-8-12(22-20-11)9-17-16(21)15-18-13-6-5-10(2)7-14(13)19-15/h5-8H,3-4,9H2,1-2H3,(H,17,21)(H,18,19). The maximum Gasteiger partial charge on any atom is 0.287 e. The van der Waals surface area contributed by atoms with Crippen LogP contribution >= 0.6 is 0 Å². The lowest BCUT2D eigenvalue weighted by Crippen LogP contribution is -2.23. The molecule has 0 aliphatic heterocycles. The second-order valence-corrected chi connectivity index (χ2v) is 5.32. The van der Waals surface area contributed by atoms with Gasteiger partial charge in [-0.2, -0.15) is 0 Å². The Morgan fingerprint density at radius 2 is 2.23 bits per heavy atom. The van der Waals surface area contributed by atoms with Crippen molar-refractivity contribution in [3.63, 3.8) is 0 Å². The Balaban J connectivity index is 1.67. The summed E-state index contributed by atoms with van der Waals surface area (Å²) in [6.45, 7) is 4.38. The third-order valence-corrected chi connectivity index (χ3v) is 3.39. The van der Waals surface area contributed by atoms with Gasteiger partial charge in [-0.25, -0.2) is 4.98 Å². The van der Waals surface area contributed by atoms with Gasteiger partial charge in [-0.3, -0.25) is 4.79 Å². The topological polar surface area (TPSA) is 83.8 Å². The lowest BCUT2D eigenvalue weighted by Gasteiger charge is -1.98. The largest absolute Gasteiger partial charge is 0.359 e. The smallest absolute Gasteiger partial charge is 0.287 e. The number of carbonyl (C=O) groups excluding carboxylic acids is 1. The molecule has 0 bridgehead atoms. The highest BCUT2D eigenvalue weighted by atomic mass is 16.5. The first kappa shape index (κ1) is 14.3. The van der Waals surface area contributed by atoms with Crippen LogP contribution < -0.4 is 5.32 Å². The highest BCUT2D eigenvalue weighted by Gasteiger charge is 2.12. The zero-order valence-electron chi connectivity index (χ0n) is 12.6. The van der Waals surface area contributed by atoms with Gasteiger partial charge in [0.15, 0.2) is 11.6 Å². The van der Waals surface area contributed by atoms with Gasteiger partial charge in [-0.1, -0.05) is 24.6 Å². The summed E-state index contributed by atoms with van der Waals surface area (Å²) in [4.78, 5) is 19.5. The number of fused-ring (bicyclic) bond motifs is 1. The molecule has 114 valence electrons. The van der Waals surface area contributed by atoms with Gasteiger partial charge in [0.1, 0.15) is 0 Å². The molecule has 2 aromatic heterocycles. The number of hydrogen-bond donors (Lipinski definition) is 2. The van der Waals surface area contributed by atoms with E-state index in [-0.39, 0.29) is 5.91 Å². The van der Waals surface area contributed by atoms with E-state index in [0.29, 0.717) is 18.1 Å². The van der Waals surface area contributed by atoms with E-state index in [4.69, 9.17) is 4.52 Å². The van der Waals surface area contributed by atoms with E-state index in [1.54, 1.807) is 0 Å². The molecule has 0 spiro atoms. The van der Waals surface area contributed by atoms with Crippen molar-refractivity contribution in [3.05, 3.63) is 47.1 Å². The molecule has 6 heteroatoms. The minimum absolute atomic E-state index is 0.262. The zero-order chi connectivity index (χ0) is 15.5. The molecule has 22 heavy (non-hydrogen) atoms. The van der Waals surface area contributed by atoms with Gasteiger partial charge in [0.2, 0.25) is 0 Å². The van der Waals surface area contributed by atoms with Crippen LogP contribution in [-0.2, 0) is 13.0 Å². The Morgan fingerprint density at radius 1 is 1.36 bits per heavy atom. The number of nitrogens with zero attached hydrogens (tertiary/aromatic N) is 2. The van der Waals surface area contributed by atoms with E-state index in [2.05, 4.69) is 27.4 Å². The van der Waals surface area contributed by atoms with E-state index >= 15 is 0 Å². The van der Waals surface area contributed by atoms with Gasteiger partial charge in [-0.05, 0) is 31.0 Å². The maximum atomic E-state index is 12.1. The number of aromatic nitrogens is 3. The van der Waals surface area contributed by atoms with Crippen molar-refractivity contribution in [3.8, 4) is 0 Å². The predicted octanol–water partition coefficient (Wildman–Crippen LogP) is 2.74. The van der Waals surface area contributed by atoms with E-state index in [0.717, 1.165) is 35.1 Å². The minimum Gasteiger partial charge on any atom is -0.359 e. The van der Waals surface area contributed by atoms with Crippen molar-refractivity contribution in [1.82, 2.24) is 20.4 Å². The summed E-state index contributed by atoms with van der Waals surface area (Å²) in [5.74, 6) is 0.681. The molecule has 0 atom stereocenters. The van der Waals surface area contributed by atoms with E-state index in [1.165, 1.54) is 0 Å². The fourth-order valence-electron chi connectivity index (χ4n) is 2.30. The number of hydrogen-bond acceptors (Lipinski definition) is 4. The van der Waals surface area contributed by atoms with Gasteiger partial charge in [0.05, 0.1) is 23.3 Å². The average Bonchev–Trinajstić information content (AvgIpc) is 3.11. The number of nitrogens with one attached hydrogen (secondary N) is 2. The van der Waals surface area contributed by atoms with Gasteiger partial charge >= 0.3 is 0 Å². The second-order valence-electron chi connectivity index (χ2n) is 5.32. The first-order valence-electron chi connectivity index (χ1n) is 7.34. The average molecular weight is 298 g/mol. The third kappa shape index (κ3) is 3.00. The predicted molar refractivity (Wildman–Crippen MR) is 82.5 cm³/mol. The fourth-order valence-corrected chi connectivity index (χ4v) is 2.30. The van der Waals surface area contributed by atoms with Crippen molar-refractivity contribution in [2.24, 2.45) is 0 Å². The molecule has 0 radical (unpaired) electrons. The summed E-state index contributed by atoms with van der Waals surface area (Å²) < 4.78 is 5.18. The zero-order valence-corrected chi connectivity index (χ0v) is 12.6. The fraction of sp³-hybridized carbons (Fsp3) is 0.312. The lowest BCUT2D eigenvalue weighted by molar-refractivity contribution is 0.0938. The summed E-state index contributed by atoms with van der Waals surface area (Å²) in [7, 11) is 0. The molecule has 0 fully saturated rings. The minimum atomic E-state index is -0.262. The highest BCUT2D eigenvalue weighted by molar-refractivity contribution is 5.94. The van der Waals surface area contributed by atoms with Gasteiger partial charge in [0.25, 0.3) is 5.91 Å². The summed E-state index contributed by atoms with van der Waals surface area (Å²) in [5.41, 5.74) is 3.66. The number of aryl methyl sites for hydroxylation is 2. The number of amides is 1. The number of imidazole rings is 1. The van der Waals surface area contributed by atoms with Gasteiger partial charge in [-0.15, -0.1) is 0 Å². The van der Waals surface area contributed by atoms with Crippen LogP contribution in [0, 0.1) is 6.92 Å². The van der Waals surface area contributed by atoms with Gasteiger partial charge < -0.3 is 14.8 Å². The van der Waals surface area contributed by atoms with Crippen molar-refractivity contribution in [2.45, 2.75) is 33.2 Å². The molecule has 0 aliphatic carbocycles. The Morgan fingerprint density at radius 3 is 3.05 bits per heavy atom. The molecule has 2 N–H and O–H groups in total. The summed E-state index contributed by atoms with van der Waals surface area (Å²) in [5, 5.41) is 6.73. The second kappa shape index (κ2) is 6.01.